The molecule has 1 heterocycles. The van der Waals surface area contributed by atoms with E-state index in [4.69, 9.17) is 4.74 Å². The van der Waals surface area contributed by atoms with Gasteiger partial charge in [0.25, 0.3) is 0 Å². The van der Waals surface area contributed by atoms with Crippen molar-refractivity contribution >= 4 is 15.9 Å². The van der Waals surface area contributed by atoms with Gasteiger partial charge < -0.3 is 4.74 Å². The number of methoxy groups -OCH3 is 1. The van der Waals surface area contributed by atoms with Gasteiger partial charge in [0, 0.05) is 24.0 Å². The van der Waals surface area contributed by atoms with E-state index in [1.807, 2.05) is 18.5 Å². The maximum atomic E-state index is 5.48. The van der Waals surface area contributed by atoms with E-state index in [1.165, 1.54) is 18.4 Å². The van der Waals surface area contributed by atoms with Gasteiger partial charge in [-0.2, -0.15) is 0 Å². The summed E-state index contributed by atoms with van der Waals surface area (Å²) in [4.78, 5) is 4.04. The summed E-state index contributed by atoms with van der Waals surface area (Å²) in [6, 6.07) is 2.02. The minimum Gasteiger partial charge on any atom is -0.376 e. The van der Waals surface area contributed by atoms with E-state index in [2.05, 4.69) is 20.9 Å². The zero-order valence-corrected chi connectivity index (χ0v) is 9.12. The number of nitrogens with zero attached hydrogens (tertiary/aromatic N) is 1. The van der Waals surface area contributed by atoms with Crippen molar-refractivity contribution in [3.8, 4) is 0 Å². The molecule has 1 fully saturated rings. The maximum Gasteiger partial charge on any atom is 0.0861 e. The first-order valence-electron chi connectivity index (χ1n) is 4.45. The summed E-state index contributed by atoms with van der Waals surface area (Å²) in [5.74, 6) is 0.712. The lowest BCUT2D eigenvalue weighted by Crippen LogP contribution is -2.04. The molecule has 0 saturated heterocycles. The summed E-state index contributed by atoms with van der Waals surface area (Å²) in [7, 11) is 1.77. The van der Waals surface area contributed by atoms with Crippen molar-refractivity contribution in [2.45, 2.75) is 18.9 Å². The first kappa shape index (κ1) is 9.16. The molecular weight excluding hydrogens is 230 g/mol. The third kappa shape index (κ3) is 1.92. The number of hydrogen-bond donors (Lipinski definition) is 0. The van der Waals surface area contributed by atoms with E-state index in [0.717, 1.165) is 4.47 Å². The fraction of sp³-hybridized carbons (Fsp3) is 0.500. The molecule has 13 heavy (non-hydrogen) atoms. The van der Waals surface area contributed by atoms with E-state index in [1.54, 1.807) is 7.11 Å². The average molecular weight is 242 g/mol. The Morgan fingerprint density at radius 1 is 1.62 bits per heavy atom. The van der Waals surface area contributed by atoms with Crippen molar-refractivity contribution < 1.29 is 4.74 Å². The highest BCUT2D eigenvalue weighted by Gasteiger charge is 2.33. The van der Waals surface area contributed by atoms with Crippen LogP contribution in [-0.4, -0.2) is 12.1 Å². The molecule has 2 rings (SSSR count). The number of pyridine rings is 1. The average Bonchev–Trinajstić information content (AvgIpc) is 2.93. The first-order valence-corrected chi connectivity index (χ1v) is 5.24. The van der Waals surface area contributed by atoms with E-state index in [0.29, 0.717) is 5.92 Å². The Morgan fingerprint density at radius 3 is 2.92 bits per heavy atom. The zero-order chi connectivity index (χ0) is 9.26. The molecule has 1 aliphatic carbocycles. The van der Waals surface area contributed by atoms with Gasteiger partial charge in [-0.3, -0.25) is 4.98 Å². The molecule has 0 aromatic carbocycles. The van der Waals surface area contributed by atoms with Gasteiger partial charge in [0.1, 0.15) is 0 Å². The predicted molar refractivity (Wildman–Crippen MR) is 54.4 cm³/mol. The fourth-order valence-corrected chi connectivity index (χ4v) is 2.07. The third-order valence-corrected chi connectivity index (χ3v) is 3.08. The summed E-state index contributed by atoms with van der Waals surface area (Å²) < 4.78 is 6.53. The molecule has 1 aromatic heterocycles. The largest absolute Gasteiger partial charge is 0.376 e. The molecule has 0 radical (unpaired) electrons. The fourth-order valence-electron chi connectivity index (χ4n) is 1.59. The van der Waals surface area contributed by atoms with Crippen molar-refractivity contribution in [1.29, 1.82) is 0 Å². The molecule has 1 aromatic rings. The van der Waals surface area contributed by atoms with Crippen LogP contribution in [0.1, 0.15) is 24.5 Å². The standard InChI is InChI=1S/C10H12BrNO/c1-13-10(7-2-3-7)8-4-5-12-6-9(8)11/h4-7,10H,2-3H2,1H3. The summed E-state index contributed by atoms with van der Waals surface area (Å²) in [6.45, 7) is 0. The SMILES string of the molecule is COC(c1ccncc1Br)C1CC1. The van der Waals surface area contributed by atoms with Crippen LogP contribution < -0.4 is 0 Å². The van der Waals surface area contributed by atoms with E-state index in [9.17, 15) is 0 Å². The van der Waals surface area contributed by atoms with Gasteiger partial charge in [0.15, 0.2) is 0 Å². The minimum atomic E-state index is 0.248. The van der Waals surface area contributed by atoms with Crippen LogP contribution in [0.15, 0.2) is 22.9 Å². The highest BCUT2D eigenvalue weighted by atomic mass is 79.9. The Hall–Kier alpha value is -0.410. The van der Waals surface area contributed by atoms with E-state index < -0.39 is 0 Å². The Balaban J connectivity index is 2.26. The second-order valence-electron chi connectivity index (χ2n) is 3.39. The van der Waals surface area contributed by atoms with Crippen molar-refractivity contribution in [3.05, 3.63) is 28.5 Å². The second kappa shape index (κ2) is 3.76. The predicted octanol–water partition coefficient (Wildman–Crippen LogP) is 2.94. The second-order valence-corrected chi connectivity index (χ2v) is 4.25. The number of hydrogen-bond acceptors (Lipinski definition) is 2. The lowest BCUT2D eigenvalue weighted by atomic mass is 10.1. The Kier molecular flexibility index (Phi) is 2.65. The lowest BCUT2D eigenvalue weighted by molar-refractivity contribution is 0.0839. The molecule has 1 unspecified atom stereocenters. The zero-order valence-electron chi connectivity index (χ0n) is 7.53. The highest BCUT2D eigenvalue weighted by molar-refractivity contribution is 9.10. The first-order chi connectivity index (χ1) is 6.33. The van der Waals surface area contributed by atoms with Gasteiger partial charge in [-0.1, -0.05) is 0 Å². The third-order valence-electron chi connectivity index (χ3n) is 2.41. The normalized spacial score (nSPS) is 18.6. The van der Waals surface area contributed by atoms with Gasteiger partial charge >= 0.3 is 0 Å². The van der Waals surface area contributed by atoms with Crippen LogP contribution in [0.25, 0.3) is 0 Å². The Bertz CT molecular complexity index is 299. The van der Waals surface area contributed by atoms with Crippen LogP contribution in [0.3, 0.4) is 0 Å². The molecule has 0 amide bonds. The molecule has 70 valence electrons. The van der Waals surface area contributed by atoms with E-state index >= 15 is 0 Å². The number of ether oxygens (including phenoxy) is 1. The topological polar surface area (TPSA) is 22.1 Å². The van der Waals surface area contributed by atoms with Crippen LogP contribution in [0.2, 0.25) is 0 Å². The van der Waals surface area contributed by atoms with Crippen LogP contribution >= 0.6 is 15.9 Å². The monoisotopic (exact) mass is 241 g/mol. The quantitative estimate of drug-likeness (QED) is 0.812. The highest BCUT2D eigenvalue weighted by Crippen LogP contribution is 2.44. The molecular formula is C10H12BrNO. The molecule has 2 nitrogen and oxygen atoms in total. The van der Waals surface area contributed by atoms with Crippen molar-refractivity contribution in [2.75, 3.05) is 7.11 Å². The molecule has 1 aliphatic rings. The summed E-state index contributed by atoms with van der Waals surface area (Å²) in [5.41, 5.74) is 1.22. The Morgan fingerprint density at radius 2 is 2.38 bits per heavy atom. The van der Waals surface area contributed by atoms with Gasteiger partial charge in [-0.25, -0.2) is 0 Å². The molecule has 0 bridgehead atoms. The van der Waals surface area contributed by atoms with E-state index in [-0.39, 0.29) is 6.10 Å². The maximum absolute atomic E-state index is 5.48. The molecule has 1 atom stereocenters. The van der Waals surface area contributed by atoms with Crippen LogP contribution in [0, 0.1) is 5.92 Å². The minimum absolute atomic E-state index is 0.248. The lowest BCUT2D eigenvalue weighted by Gasteiger charge is -2.15. The van der Waals surface area contributed by atoms with Crippen molar-refractivity contribution in [2.24, 2.45) is 5.92 Å². The summed E-state index contributed by atoms with van der Waals surface area (Å²) in [6.07, 6.45) is 6.45. The molecule has 0 spiro atoms. The number of halogens is 1. The molecule has 0 N–H and O–H groups in total. The van der Waals surface area contributed by atoms with Crippen molar-refractivity contribution in [3.63, 3.8) is 0 Å². The summed E-state index contributed by atoms with van der Waals surface area (Å²) in [5, 5.41) is 0. The van der Waals surface area contributed by atoms with Gasteiger partial charge in [0.05, 0.1) is 6.10 Å². The van der Waals surface area contributed by atoms with Gasteiger partial charge in [0.2, 0.25) is 0 Å². The van der Waals surface area contributed by atoms with Gasteiger partial charge in [-0.05, 0) is 46.3 Å². The summed E-state index contributed by atoms with van der Waals surface area (Å²) >= 11 is 3.49. The van der Waals surface area contributed by atoms with Crippen LogP contribution in [0.5, 0.6) is 0 Å². The van der Waals surface area contributed by atoms with Crippen molar-refractivity contribution in [1.82, 2.24) is 4.98 Å². The van der Waals surface area contributed by atoms with Crippen LogP contribution in [0.4, 0.5) is 0 Å². The smallest absolute Gasteiger partial charge is 0.0861 e. The van der Waals surface area contributed by atoms with Gasteiger partial charge in [-0.15, -0.1) is 0 Å². The molecule has 3 heteroatoms. The number of aromatic nitrogens is 1. The number of rotatable bonds is 3. The van der Waals surface area contributed by atoms with Crippen LogP contribution in [-0.2, 0) is 4.74 Å². The molecule has 1 saturated carbocycles. The Labute approximate surface area is 86.5 Å². The molecule has 0 aliphatic heterocycles.